The number of amides is 2. The predicted molar refractivity (Wildman–Crippen MR) is 115 cm³/mol. The Morgan fingerprint density at radius 3 is 2.55 bits per heavy atom. The molecule has 0 unspecified atom stereocenters. The van der Waals surface area contributed by atoms with Crippen molar-refractivity contribution in [2.75, 3.05) is 11.9 Å². The molecule has 1 heterocycles. The van der Waals surface area contributed by atoms with E-state index in [1.54, 1.807) is 35.9 Å². The highest BCUT2D eigenvalue weighted by Crippen LogP contribution is 2.22. The summed E-state index contributed by atoms with van der Waals surface area (Å²) in [6, 6.07) is 16.6. The van der Waals surface area contributed by atoms with Gasteiger partial charge in [-0.25, -0.2) is 4.68 Å². The molecular weight excluding hydrogens is 388 g/mol. The molecule has 0 radical (unpaired) electrons. The summed E-state index contributed by atoms with van der Waals surface area (Å²) in [4.78, 5) is 25.0. The molecule has 6 nitrogen and oxygen atoms in total. The predicted octanol–water partition coefficient (Wildman–Crippen LogP) is 4.29. The lowest BCUT2D eigenvalue weighted by Gasteiger charge is -2.08. The van der Waals surface area contributed by atoms with Crippen LogP contribution in [0, 0.1) is 6.92 Å². The average Bonchev–Trinajstić information content (AvgIpc) is 3.00. The molecule has 2 amide bonds. The van der Waals surface area contributed by atoms with Crippen LogP contribution in [0.5, 0.6) is 0 Å². The topological polar surface area (TPSA) is 76.0 Å². The summed E-state index contributed by atoms with van der Waals surface area (Å²) in [6.07, 6.45) is 0.854. The van der Waals surface area contributed by atoms with Gasteiger partial charge in [0.25, 0.3) is 11.8 Å². The van der Waals surface area contributed by atoms with Crippen molar-refractivity contribution in [3.05, 3.63) is 82.1 Å². The number of hydrogen-bond acceptors (Lipinski definition) is 3. The van der Waals surface area contributed by atoms with Crippen molar-refractivity contribution < 1.29 is 9.59 Å². The molecule has 0 saturated heterocycles. The minimum Gasteiger partial charge on any atom is -0.352 e. The first kappa shape index (κ1) is 20.6. The van der Waals surface area contributed by atoms with Crippen molar-refractivity contribution in [1.29, 1.82) is 0 Å². The number of rotatable bonds is 7. The monoisotopic (exact) mass is 410 g/mol. The van der Waals surface area contributed by atoms with E-state index in [2.05, 4.69) is 15.7 Å². The molecule has 0 fully saturated rings. The van der Waals surface area contributed by atoms with Gasteiger partial charge >= 0.3 is 0 Å². The van der Waals surface area contributed by atoms with E-state index in [1.165, 1.54) is 0 Å². The van der Waals surface area contributed by atoms with Crippen molar-refractivity contribution in [3.63, 3.8) is 0 Å². The molecule has 0 bridgehead atoms. The van der Waals surface area contributed by atoms with Gasteiger partial charge in [0.05, 0.1) is 17.8 Å². The molecule has 150 valence electrons. The number of benzene rings is 2. The zero-order valence-corrected chi connectivity index (χ0v) is 17.2. The Bertz CT molecular complexity index is 1010. The molecule has 0 atom stereocenters. The van der Waals surface area contributed by atoms with Gasteiger partial charge in [0.15, 0.2) is 0 Å². The normalized spacial score (nSPS) is 10.6. The maximum atomic E-state index is 12.8. The fraction of sp³-hybridized carbons (Fsp3) is 0.227. The molecule has 0 aliphatic heterocycles. The SMILES string of the molecule is CCCNC(=O)c1cccc(NC(=O)c2c(C)nn(Cc3ccccc3)c2Cl)c1. The lowest BCUT2D eigenvalue weighted by Crippen LogP contribution is -2.24. The second-order valence-electron chi connectivity index (χ2n) is 6.69. The maximum Gasteiger partial charge on any atom is 0.260 e. The van der Waals surface area contributed by atoms with Crippen molar-refractivity contribution >= 4 is 29.1 Å². The number of aryl methyl sites for hydroxylation is 1. The highest BCUT2D eigenvalue weighted by molar-refractivity contribution is 6.33. The van der Waals surface area contributed by atoms with Crippen LogP contribution in [0.1, 0.15) is 45.3 Å². The largest absolute Gasteiger partial charge is 0.352 e. The van der Waals surface area contributed by atoms with Crippen LogP contribution < -0.4 is 10.6 Å². The van der Waals surface area contributed by atoms with Crippen LogP contribution in [0.3, 0.4) is 0 Å². The molecule has 2 N–H and O–H groups in total. The van der Waals surface area contributed by atoms with Gasteiger partial charge in [-0.3, -0.25) is 9.59 Å². The van der Waals surface area contributed by atoms with E-state index in [-0.39, 0.29) is 17.0 Å². The van der Waals surface area contributed by atoms with Crippen LogP contribution >= 0.6 is 11.6 Å². The van der Waals surface area contributed by atoms with Gasteiger partial charge in [-0.2, -0.15) is 5.10 Å². The van der Waals surface area contributed by atoms with Crippen LogP contribution in [0.25, 0.3) is 0 Å². The van der Waals surface area contributed by atoms with E-state index >= 15 is 0 Å². The number of halogens is 1. The third-order valence-corrected chi connectivity index (χ3v) is 4.77. The Morgan fingerprint density at radius 1 is 1.07 bits per heavy atom. The van der Waals surface area contributed by atoms with Crippen LogP contribution in [0.4, 0.5) is 5.69 Å². The zero-order valence-electron chi connectivity index (χ0n) is 16.4. The Balaban J connectivity index is 1.77. The summed E-state index contributed by atoms with van der Waals surface area (Å²) >= 11 is 6.46. The minimum absolute atomic E-state index is 0.173. The van der Waals surface area contributed by atoms with Crippen LogP contribution in [0.15, 0.2) is 54.6 Å². The summed E-state index contributed by atoms with van der Waals surface area (Å²) in [5.41, 5.74) is 2.91. The molecule has 3 rings (SSSR count). The molecule has 3 aromatic rings. The molecular formula is C22H23ClN4O2. The summed E-state index contributed by atoms with van der Waals surface area (Å²) < 4.78 is 1.61. The summed E-state index contributed by atoms with van der Waals surface area (Å²) in [5.74, 6) is -0.536. The van der Waals surface area contributed by atoms with E-state index in [4.69, 9.17) is 11.6 Å². The lowest BCUT2D eigenvalue weighted by molar-refractivity contribution is 0.0952. The smallest absolute Gasteiger partial charge is 0.260 e. The van der Waals surface area contributed by atoms with Crippen LogP contribution in [0.2, 0.25) is 5.15 Å². The van der Waals surface area contributed by atoms with E-state index in [1.807, 2.05) is 37.3 Å². The Hall–Kier alpha value is -3.12. The standard InChI is InChI=1S/C22H23ClN4O2/c1-3-12-24-21(28)17-10-7-11-18(13-17)25-22(29)19-15(2)26-27(20(19)23)14-16-8-5-4-6-9-16/h4-11,13H,3,12,14H2,1-2H3,(H,24,28)(H,25,29). The molecule has 0 spiro atoms. The number of carbonyl (C=O) groups excluding carboxylic acids is 2. The highest BCUT2D eigenvalue weighted by atomic mass is 35.5. The van der Waals surface area contributed by atoms with Crippen LogP contribution in [-0.2, 0) is 6.54 Å². The van der Waals surface area contributed by atoms with Gasteiger partial charge in [0.2, 0.25) is 0 Å². The van der Waals surface area contributed by atoms with Gasteiger partial charge in [0.1, 0.15) is 5.15 Å². The Kier molecular flexibility index (Phi) is 6.67. The first-order chi connectivity index (χ1) is 14.0. The number of nitrogens with zero attached hydrogens (tertiary/aromatic N) is 2. The molecule has 1 aromatic heterocycles. The first-order valence-corrected chi connectivity index (χ1v) is 9.83. The summed E-state index contributed by atoms with van der Waals surface area (Å²) in [6.45, 7) is 4.81. The molecule has 7 heteroatoms. The summed E-state index contributed by atoms with van der Waals surface area (Å²) in [7, 11) is 0. The van der Waals surface area contributed by atoms with E-state index in [0.29, 0.717) is 35.6 Å². The fourth-order valence-corrected chi connectivity index (χ4v) is 3.26. The van der Waals surface area contributed by atoms with Gasteiger partial charge in [-0.05, 0) is 37.1 Å². The van der Waals surface area contributed by atoms with Gasteiger partial charge < -0.3 is 10.6 Å². The molecule has 0 aliphatic carbocycles. The zero-order chi connectivity index (χ0) is 20.8. The van der Waals surface area contributed by atoms with Crippen molar-refractivity contribution in [2.24, 2.45) is 0 Å². The van der Waals surface area contributed by atoms with E-state index in [0.717, 1.165) is 12.0 Å². The second kappa shape index (κ2) is 9.39. The third kappa shape index (κ3) is 5.03. The first-order valence-electron chi connectivity index (χ1n) is 9.46. The summed E-state index contributed by atoms with van der Waals surface area (Å²) in [5, 5.41) is 10.3. The number of nitrogens with one attached hydrogen (secondary N) is 2. The highest BCUT2D eigenvalue weighted by Gasteiger charge is 2.21. The van der Waals surface area contributed by atoms with Crippen molar-refractivity contribution in [3.8, 4) is 0 Å². The number of anilines is 1. The molecule has 0 saturated carbocycles. The third-order valence-electron chi connectivity index (χ3n) is 4.39. The van der Waals surface area contributed by atoms with Crippen molar-refractivity contribution in [1.82, 2.24) is 15.1 Å². The van der Waals surface area contributed by atoms with Crippen LogP contribution in [-0.4, -0.2) is 28.1 Å². The maximum absolute atomic E-state index is 12.8. The molecule has 29 heavy (non-hydrogen) atoms. The number of hydrogen-bond donors (Lipinski definition) is 2. The van der Waals surface area contributed by atoms with Gasteiger partial charge in [-0.15, -0.1) is 0 Å². The Labute approximate surface area is 174 Å². The van der Waals surface area contributed by atoms with E-state index < -0.39 is 0 Å². The second-order valence-corrected chi connectivity index (χ2v) is 7.04. The van der Waals surface area contributed by atoms with Crippen molar-refractivity contribution in [2.45, 2.75) is 26.8 Å². The lowest BCUT2D eigenvalue weighted by atomic mass is 10.1. The molecule has 2 aromatic carbocycles. The van der Waals surface area contributed by atoms with Gasteiger partial charge in [-0.1, -0.05) is 54.9 Å². The van der Waals surface area contributed by atoms with E-state index in [9.17, 15) is 9.59 Å². The number of aromatic nitrogens is 2. The number of carbonyl (C=O) groups is 2. The molecule has 0 aliphatic rings. The minimum atomic E-state index is -0.363. The quantitative estimate of drug-likeness (QED) is 0.610. The van der Waals surface area contributed by atoms with Gasteiger partial charge in [0, 0.05) is 17.8 Å². The average molecular weight is 411 g/mol. The Morgan fingerprint density at radius 2 is 1.83 bits per heavy atom. The fourth-order valence-electron chi connectivity index (χ4n) is 2.94.